The van der Waals surface area contributed by atoms with E-state index in [1.165, 1.54) is 31.4 Å². The van der Waals surface area contributed by atoms with E-state index in [0.717, 1.165) is 89.0 Å². The largest absolute Gasteiger partial charge is 0.493 e. The summed E-state index contributed by atoms with van der Waals surface area (Å²) in [5.41, 5.74) is 1.29. The van der Waals surface area contributed by atoms with E-state index in [4.69, 9.17) is 9.47 Å². The van der Waals surface area contributed by atoms with Crippen LogP contribution >= 0.6 is 0 Å². The molecule has 7 heteroatoms. The van der Waals surface area contributed by atoms with Gasteiger partial charge in [0.2, 0.25) is 5.91 Å². The summed E-state index contributed by atoms with van der Waals surface area (Å²) in [5, 5.41) is 3.26. The molecule has 4 aliphatic rings. The molecule has 1 amide bonds. The summed E-state index contributed by atoms with van der Waals surface area (Å²) in [7, 11) is 0. The normalized spacial score (nSPS) is 28.4. The van der Waals surface area contributed by atoms with Gasteiger partial charge >= 0.3 is 0 Å². The van der Waals surface area contributed by atoms with Crippen molar-refractivity contribution in [2.24, 2.45) is 5.92 Å². The Kier molecular flexibility index (Phi) is 7.13. The maximum absolute atomic E-state index is 12.3. The molecule has 2 saturated heterocycles. The lowest BCUT2D eigenvalue weighted by atomic mass is 9.84. The molecular weight excluding hydrogens is 404 g/mol. The molecule has 1 saturated carbocycles. The molecule has 1 N–H and O–H groups in total. The highest BCUT2D eigenvalue weighted by molar-refractivity contribution is 5.76. The number of hydrogen-bond acceptors (Lipinski definition) is 6. The van der Waals surface area contributed by atoms with Gasteiger partial charge in [-0.1, -0.05) is 0 Å². The maximum Gasteiger partial charge on any atom is 0.222 e. The third-order valence-corrected chi connectivity index (χ3v) is 7.77. The van der Waals surface area contributed by atoms with Crippen LogP contribution < -0.4 is 15.0 Å². The minimum atomic E-state index is 0.152. The number of nitrogens with one attached hydrogen (secondary N) is 1. The van der Waals surface area contributed by atoms with Gasteiger partial charge in [-0.15, -0.1) is 0 Å². The number of pyridine rings is 1. The summed E-state index contributed by atoms with van der Waals surface area (Å²) in [6.45, 7) is 7.12. The van der Waals surface area contributed by atoms with Gasteiger partial charge < -0.3 is 19.7 Å². The van der Waals surface area contributed by atoms with Crippen LogP contribution in [0.3, 0.4) is 0 Å². The van der Waals surface area contributed by atoms with Gasteiger partial charge in [-0.3, -0.25) is 9.69 Å². The first-order chi connectivity index (χ1) is 15.7. The molecule has 7 nitrogen and oxygen atoms in total. The molecule has 0 radical (unpaired) electrons. The molecule has 3 fully saturated rings. The quantitative estimate of drug-likeness (QED) is 0.701. The molecule has 4 heterocycles. The molecule has 0 bridgehead atoms. The number of anilines is 1. The van der Waals surface area contributed by atoms with Crippen LogP contribution in [0.1, 0.15) is 56.9 Å². The van der Waals surface area contributed by atoms with Crippen molar-refractivity contribution in [2.45, 2.75) is 69.9 Å². The van der Waals surface area contributed by atoms with Gasteiger partial charge in [0.1, 0.15) is 11.6 Å². The minimum Gasteiger partial charge on any atom is -0.493 e. The van der Waals surface area contributed by atoms with Gasteiger partial charge in [0, 0.05) is 57.0 Å². The average molecular weight is 443 g/mol. The monoisotopic (exact) mass is 442 g/mol. The van der Waals surface area contributed by atoms with E-state index in [1.807, 2.05) is 12.3 Å². The number of ether oxygens (including phenoxy) is 2. The van der Waals surface area contributed by atoms with Crippen LogP contribution in [0.2, 0.25) is 0 Å². The second-order valence-electron chi connectivity index (χ2n) is 9.95. The van der Waals surface area contributed by atoms with Crippen LogP contribution in [-0.2, 0) is 16.0 Å². The Morgan fingerprint density at radius 1 is 1.09 bits per heavy atom. The smallest absolute Gasteiger partial charge is 0.222 e. The Morgan fingerprint density at radius 2 is 1.94 bits per heavy atom. The van der Waals surface area contributed by atoms with E-state index in [2.05, 4.69) is 20.1 Å². The van der Waals surface area contributed by atoms with Gasteiger partial charge in [-0.2, -0.15) is 0 Å². The summed E-state index contributed by atoms with van der Waals surface area (Å²) < 4.78 is 11.3. The zero-order chi connectivity index (χ0) is 21.8. The Labute approximate surface area is 191 Å². The third-order valence-electron chi connectivity index (χ3n) is 7.77. The number of carbonyl (C=O) groups is 1. The summed E-state index contributed by atoms with van der Waals surface area (Å²) in [6.07, 6.45) is 11.7. The predicted molar refractivity (Wildman–Crippen MR) is 124 cm³/mol. The number of nitrogens with zero attached hydrogens (tertiary/aromatic N) is 3. The summed E-state index contributed by atoms with van der Waals surface area (Å²) in [5.74, 6) is 3.15. The highest BCUT2D eigenvalue weighted by Gasteiger charge is 2.27. The lowest BCUT2D eigenvalue weighted by Gasteiger charge is -2.37. The van der Waals surface area contributed by atoms with Crippen molar-refractivity contribution >= 4 is 11.7 Å². The van der Waals surface area contributed by atoms with Crippen LogP contribution in [0.5, 0.6) is 5.75 Å². The van der Waals surface area contributed by atoms with Crippen LogP contribution in [0.25, 0.3) is 0 Å². The van der Waals surface area contributed by atoms with E-state index in [1.54, 1.807) is 0 Å². The minimum absolute atomic E-state index is 0.152. The van der Waals surface area contributed by atoms with Crippen molar-refractivity contribution in [2.75, 3.05) is 50.8 Å². The first-order valence-electron chi connectivity index (χ1n) is 12.7. The van der Waals surface area contributed by atoms with Gasteiger partial charge in [-0.25, -0.2) is 4.98 Å². The van der Waals surface area contributed by atoms with Crippen molar-refractivity contribution in [3.63, 3.8) is 0 Å². The van der Waals surface area contributed by atoms with Gasteiger partial charge in [0.05, 0.1) is 19.1 Å². The highest BCUT2D eigenvalue weighted by atomic mass is 16.5. The fourth-order valence-corrected chi connectivity index (χ4v) is 5.81. The van der Waals surface area contributed by atoms with Crippen molar-refractivity contribution < 1.29 is 14.3 Å². The first kappa shape index (κ1) is 22.0. The summed E-state index contributed by atoms with van der Waals surface area (Å²) >= 11 is 0. The molecule has 176 valence electrons. The topological polar surface area (TPSA) is 66.9 Å². The van der Waals surface area contributed by atoms with E-state index in [-0.39, 0.29) is 12.0 Å². The Hall–Kier alpha value is -1.86. The zero-order valence-electron chi connectivity index (χ0n) is 19.3. The van der Waals surface area contributed by atoms with Crippen LogP contribution in [0, 0.1) is 5.92 Å². The number of amides is 1. The highest BCUT2D eigenvalue weighted by Crippen LogP contribution is 2.32. The molecule has 5 rings (SSSR count). The lowest BCUT2D eigenvalue weighted by molar-refractivity contribution is -0.124. The van der Waals surface area contributed by atoms with Crippen molar-refractivity contribution in [1.29, 1.82) is 0 Å². The first-order valence-corrected chi connectivity index (χ1v) is 12.7. The van der Waals surface area contributed by atoms with Gasteiger partial charge in [0.25, 0.3) is 0 Å². The Balaban J connectivity index is 0.988. The second-order valence-corrected chi connectivity index (χ2v) is 9.95. The zero-order valence-corrected chi connectivity index (χ0v) is 19.3. The average Bonchev–Trinajstić information content (AvgIpc) is 3.51. The van der Waals surface area contributed by atoms with Gasteiger partial charge in [-0.05, 0) is 63.5 Å². The standard InChI is InChI=1S/C25H38N4O3/c30-24(18-21-2-1-16-31-21)27-20-5-3-19(4-6-20)8-11-28-12-14-29(15-13-28)25-22-9-17-32-23(22)7-10-26-25/h7,10,19-21H,1-6,8-9,11-18H2,(H,27,30)/t19?,20?,21-/m0/s1. The predicted octanol–water partition coefficient (Wildman–Crippen LogP) is 2.77. The lowest BCUT2D eigenvalue weighted by Crippen LogP contribution is -2.47. The number of aromatic nitrogens is 1. The summed E-state index contributed by atoms with van der Waals surface area (Å²) in [6, 6.07) is 2.36. The number of piperazine rings is 1. The second kappa shape index (κ2) is 10.4. The Bertz CT molecular complexity index is 766. The van der Waals surface area contributed by atoms with Crippen molar-refractivity contribution in [3.8, 4) is 5.75 Å². The number of hydrogen-bond donors (Lipinski definition) is 1. The molecule has 0 spiro atoms. The van der Waals surface area contributed by atoms with Crippen LogP contribution in [-0.4, -0.2) is 73.9 Å². The van der Waals surface area contributed by atoms with Crippen LogP contribution in [0.15, 0.2) is 12.3 Å². The molecule has 0 unspecified atom stereocenters. The third kappa shape index (κ3) is 5.37. The molecule has 32 heavy (non-hydrogen) atoms. The fourth-order valence-electron chi connectivity index (χ4n) is 5.81. The molecule has 0 aromatic carbocycles. The van der Waals surface area contributed by atoms with E-state index in [0.29, 0.717) is 12.5 Å². The molecule has 1 aliphatic carbocycles. The van der Waals surface area contributed by atoms with Gasteiger partial charge in [0.15, 0.2) is 0 Å². The molecule has 1 aromatic heterocycles. The number of carbonyl (C=O) groups excluding carboxylic acids is 1. The molecule has 1 atom stereocenters. The number of rotatable bonds is 7. The van der Waals surface area contributed by atoms with Crippen LogP contribution in [0.4, 0.5) is 5.82 Å². The summed E-state index contributed by atoms with van der Waals surface area (Å²) in [4.78, 5) is 22.0. The molecular formula is C25H38N4O3. The number of fused-ring (bicyclic) bond motifs is 1. The van der Waals surface area contributed by atoms with Crippen molar-refractivity contribution in [1.82, 2.24) is 15.2 Å². The molecule has 3 aliphatic heterocycles. The van der Waals surface area contributed by atoms with E-state index >= 15 is 0 Å². The van der Waals surface area contributed by atoms with E-state index < -0.39 is 0 Å². The SMILES string of the molecule is O=C(C[C@@H]1CCCO1)NC1CCC(CCN2CCN(c3nccc4c3CCO4)CC2)CC1. The fraction of sp³-hybridized carbons (Fsp3) is 0.760. The molecule has 1 aromatic rings. The maximum atomic E-state index is 12.3. The van der Waals surface area contributed by atoms with E-state index in [9.17, 15) is 4.79 Å². The Morgan fingerprint density at radius 3 is 2.72 bits per heavy atom. The van der Waals surface area contributed by atoms with Crippen molar-refractivity contribution in [3.05, 3.63) is 17.8 Å².